The molecule has 0 radical (unpaired) electrons. The Hall–Kier alpha value is -0.600. The number of thioether (sulfide) groups is 1. The van der Waals surface area contributed by atoms with E-state index in [1.807, 2.05) is 12.3 Å². The van der Waals surface area contributed by atoms with Gasteiger partial charge >= 0.3 is 0 Å². The Bertz CT molecular complexity index is 298. The fourth-order valence-electron chi connectivity index (χ4n) is 1.06. The van der Waals surface area contributed by atoms with Gasteiger partial charge in [-0.2, -0.15) is 0 Å². The van der Waals surface area contributed by atoms with E-state index >= 15 is 0 Å². The summed E-state index contributed by atoms with van der Waals surface area (Å²) in [6.07, 6.45) is 4.83. The van der Waals surface area contributed by atoms with Crippen molar-refractivity contribution in [1.29, 1.82) is 0 Å². The van der Waals surface area contributed by atoms with Gasteiger partial charge in [0.25, 0.3) is 0 Å². The molecular weight excluding hydrogens is 196 g/mol. The Labute approximate surface area is 89.0 Å². The number of rotatable bonds is 3. The summed E-state index contributed by atoms with van der Waals surface area (Å²) in [4.78, 5) is 0. The van der Waals surface area contributed by atoms with Crippen molar-refractivity contribution in [2.24, 2.45) is 0 Å². The SMILES string of the molecule is C=CCc1ccc(C(=S)SC)cc1. The molecular formula is C11H12S2. The highest BCUT2D eigenvalue weighted by molar-refractivity contribution is 8.23. The highest BCUT2D eigenvalue weighted by Crippen LogP contribution is 2.12. The van der Waals surface area contributed by atoms with Gasteiger partial charge in [-0.15, -0.1) is 18.3 Å². The minimum Gasteiger partial charge on any atom is -0.117 e. The largest absolute Gasteiger partial charge is 0.117 e. The first-order valence-corrected chi connectivity index (χ1v) is 5.69. The second-order valence-electron chi connectivity index (χ2n) is 2.68. The van der Waals surface area contributed by atoms with Gasteiger partial charge in [0.1, 0.15) is 0 Å². The number of hydrogen-bond acceptors (Lipinski definition) is 2. The molecule has 0 bridgehead atoms. The molecule has 0 aliphatic carbocycles. The monoisotopic (exact) mass is 208 g/mol. The highest BCUT2D eigenvalue weighted by atomic mass is 32.2. The highest BCUT2D eigenvalue weighted by Gasteiger charge is 1.98. The van der Waals surface area contributed by atoms with E-state index in [4.69, 9.17) is 12.2 Å². The van der Waals surface area contributed by atoms with Gasteiger partial charge in [-0.05, 0) is 23.8 Å². The number of thiocarbonyl (C=S) groups is 1. The molecule has 1 aromatic carbocycles. The molecule has 0 saturated heterocycles. The van der Waals surface area contributed by atoms with Crippen LogP contribution >= 0.6 is 24.0 Å². The molecule has 0 saturated carbocycles. The second-order valence-corrected chi connectivity index (χ2v) is 4.16. The zero-order chi connectivity index (χ0) is 9.68. The summed E-state index contributed by atoms with van der Waals surface area (Å²) >= 11 is 6.78. The van der Waals surface area contributed by atoms with Gasteiger partial charge in [0, 0.05) is 0 Å². The summed E-state index contributed by atoms with van der Waals surface area (Å²) in [5.41, 5.74) is 2.41. The van der Waals surface area contributed by atoms with Crippen molar-refractivity contribution >= 4 is 28.2 Å². The van der Waals surface area contributed by atoms with Crippen LogP contribution in [0.3, 0.4) is 0 Å². The smallest absolute Gasteiger partial charge is 0.0775 e. The molecule has 0 aliphatic rings. The van der Waals surface area contributed by atoms with Crippen LogP contribution < -0.4 is 0 Å². The van der Waals surface area contributed by atoms with Crippen molar-refractivity contribution < 1.29 is 0 Å². The van der Waals surface area contributed by atoms with Crippen LogP contribution in [0.4, 0.5) is 0 Å². The molecule has 2 heteroatoms. The summed E-state index contributed by atoms with van der Waals surface area (Å²) in [6, 6.07) is 8.33. The average molecular weight is 208 g/mol. The van der Waals surface area contributed by atoms with E-state index in [0.717, 1.165) is 16.2 Å². The zero-order valence-corrected chi connectivity index (χ0v) is 9.25. The molecule has 0 aromatic heterocycles. The summed E-state index contributed by atoms with van der Waals surface area (Å²) in [5.74, 6) is 0. The van der Waals surface area contributed by atoms with Crippen LogP contribution in [0.1, 0.15) is 11.1 Å². The summed E-state index contributed by atoms with van der Waals surface area (Å²) in [6.45, 7) is 3.70. The first-order valence-electron chi connectivity index (χ1n) is 4.06. The van der Waals surface area contributed by atoms with Crippen molar-refractivity contribution in [3.05, 3.63) is 48.0 Å². The Morgan fingerprint density at radius 3 is 2.54 bits per heavy atom. The maximum Gasteiger partial charge on any atom is 0.0775 e. The van der Waals surface area contributed by atoms with E-state index in [-0.39, 0.29) is 0 Å². The molecule has 0 unspecified atom stereocenters. The summed E-state index contributed by atoms with van der Waals surface area (Å²) in [7, 11) is 0. The normalized spacial score (nSPS) is 9.62. The van der Waals surface area contributed by atoms with Crippen molar-refractivity contribution in [2.45, 2.75) is 6.42 Å². The molecule has 0 heterocycles. The molecule has 0 aliphatic heterocycles. The van der Waals surface area contributed by atoms with Crippen molar-refractivity contribution in [1.82, 2.24) is 0 Å². The summed E-state index contributed by atoms with van der Waals surface area (Å²) in [5, 5.41) is 0. The minimum absolute atomic E-state index is 0.923. The predicted molar refractivity (Wildman–Crippen MR) is 65.6 cm³/mol. The molecule has 68 valence electrons. The molecule has 0 nitrogen and oxygen atoms in total. The lowest BCUT2D eigenvalue weighted by Gasteiger charge is -2.01. The number of hydrogen-bond donors (Lipinski definition) is 0. The van der Waals surface area contributed by atoms with Gasteiger partial charge in [-0.3, -0.25) is 0 Å². The molecule has 0 N–H and O–H groups in total. The average Bonchev–Trinajstić information content (AvgIpc) is 2.18. The molecule has 13 heavy (non-hydrogen) atoms. The molecule has 0 fully saturated rings. The first kappa shape index (κ1) is 10.5. The Morgan fingerprint density at radius 1 is 1.46 bits per heavy atom. The van der Waals surface area contributed by atoms with Crippen molar-refractivity contribution in [2.75, 3.05) is 6.26 Å². The minimum atomic E-state index is 0.923. The Kier molecular flexibility index (Phi) is 4.19. The van der Waals surface area contributed by atoms with Gasteiger partial charge in [0.05, 0.1) is 4.20 Å². The quantitative estimate of drug-likeness (QED) is 0.551. The van der Waals surface area contributed by atoms with Gasteiger partial charge in [-0.25, -0.2) is 0 Å². The zero-order valence-electron chi connectivity index (χ0n) is 7.62. The van der Waals surface area contributed by atoms with Gasteiger partial charge in [-0.1, -0.05) is 42.6 Å². The van der Waals surface area contributed by atoms with E-state index < -0.39 is 0 Å². The predicted octanol–water partition coefficient (Wildman–Crippen LogP) is 3.45. The van der Waals surface area contributed by atoms with Crippen LogP contribution in [-0.4, -0.2) is 10.5 Å². The molecule has 0 amide bonds. The van der Waals surface area contributed by atoms with Gasteiger partial charge < -0.3 is 0 Å². The first-order chi connectivity index (χ1) is 6.27. The Morgan fingerprint density at radius 2 is 2.08 bits per heavy atom. The third kappa shape index (κ3) is 2.98. The fraction of sp³-hybridized carbons (Fsp3) is 0.182. The van der Waals surface area contributed by atoms with E-state index in [1.54, 1.807) is 11.8 Å². The second kappa shape index (κ2) is 5.20. The maximum atomic E-state index is 5.17. The fourth-order valence-corrected chi connectivity index (χ4v) is 1.57. The van der Waals surface area contributed by atoms with E-state index in [9.17, 15) is 0 Å². The molecule has 1 aromatic rings. The van der Waals surface area contributed by atoms with Crippen molar-refractivity contribution in [3.63, 3.8) is 0 Å². The van der Waals surface area contributed by atoms with Gasteiger partial charge in [0.15, 0.2) is 0 Å². The van der Waals surface area contributed by atoms with E-state index in [0.29, 0.717) is 0 Å². The Balaban J connectivity index is 2.80. The van der Waals surface area contributed by atoms with Crippen LogP contribution in [-0.2, 0) is 6.42 Å². The molecule has 0 spiro atoms. The van der Waals surface area contributed by atoms with Crippen LogP contribution in [0, 0.1) is 0 Å². The number of allylic oxidation sites excluding steroid dienone is 1. The molecule has 0 atom stereocenters. The summed E-state index contributed by atoms with van der Waals surface area (Å²) < 4.78 is 0.949. The van der Waals surface area contributed by atoms with Crippen LogP contribution in [0.2, 0.25) is 0 Å². The number of benzene rings is 1. The third-order valence-corrected chi connectivity index (χ3v) is 3.10. The van der Waals surface area contributed by atoms with Crippen LogP contribution in [0.15, 0.2) is 36.9 Å². The lowest BCUT2D eigenvalue weighted by Crippen LogP contribution is -1.90. The maximum absolute atomic E-state index is 5.17. The van der Waals surface area contributed by atoms with Crippen LogP contribution in [0.5, 0.6) is 0 Å². The third-order valence-electron chi connectivity index (χ3n) is 1.76. The lowest BCUT2D eigenvalue weighted by molar-refractivity contribution is 1.28. The topological polar surface area (TPSA) is 0 Å². The van der Waals surface area contributed by atoms with Gasteiger partial charge in [0.2, 0.25) is 0 Å². The van der Waals surface area contributed by atoms with Crippen molar-refractivity contribution in [3.8, 4) is 0 Å². The van der Waals surface area contributed by atoms with Crippen LogP contribution in [0.25, 0.3) is 0 Å². The molecule has 1 rings (SSSR count). The standard InChI is InChI=1S/C11H12S2/c1-3-4-9-5-7-10(8-6-9)11(12)13-2/h3,5-8H,1,4H2,2H3. The lowest BCUT2D eigenvalue weighted by atomic mass is 10.1. The van der Waals surface area contributed by atoms with E-state index in [2.05, 4.69) is 30.8 Å². The van der Waals surface area contributed by atoms with E-state index in [1.165, 1.54) is 5.56 Å².